The molecule has 0 spiro atoms. The van der Waals surface area contributed by atoms with Crippen LogP contribution in [0.25, 0.3) is 5.82 Å². The van der Waals surface area contributed by atoms with Gasteiger partial charge in [-0.1, -0.05) is 6.07 Å². The van der Waals surface area contributed by atoms with Crippen molar-refractivity contribution in [2.75, 3.05) is 31.1 Å². The Bertz CT molecular complexity index is 1200. The molecule has 1 saturated heterocycles. The van der Waals surface area contributed by atoms with Crippen LogP contribution in [0.4, 0.5) is 5.82 Å². The van der Waals surface area contributed by atoms with Gasteiger partial charge in [0.05, 0.1) is 10.6 Å². The quantitative estimate of drug-likeness (QED) is 0.622. The first-order valence-electron chi connectivity index (χ1n) is 10.7. The van der Waals surface area contributed by atoms with E-state index in [-0.39, 0.29) is 0 Å². The highest BCUT2D eigenvalue weighted by Crippen LogP contribution is 2.26. The molecule has 1 aliphatic carbocycles. The van der Waals surface area contributed by atoms with Gasteiger partial charge >= 0.3 is 0 Å². The van der Waals surface area contributed by atoms with E-state index >= 15 is 0 Å². The highest BCUT2D eigenvalue weighted by atomic mass is 32.2. The molecule has 0 amide bonds. The summed E-state index contributed by atoms with van der Waals surface area (Å²) in [6.45, 7) is 3.96. The predicted molar refractivity (Wildman–Crippen MR) is 118 cm³/mol. The number of piperazine rings is 1. The maximum atomic E-state index is 13.2. The molecule has 0 atom stereocenters. The lowest BCUT2D eigenvalue weighted by Gasteiger charge is -2.34. The minimum Gasteiger partial charge on any atom is -0.354 e. The van der Waals surface area contributed by atoms with Crippen molar-refractivity contribution < 1.29 is 8.42 Å². The third-order valence-corrected chi connectivity index (χ3v) is 8.01. The van der Waals surface area contributed by atoms with Gasteiger partial charge in [-0.25, -0.2) is 23.1 Å². The van der Waals surface area contributed by atoms with E-state index in [1.807, 2.05) is 37.4 Å². The molecular weight excluding hydrogens is 412 g/mol. The first-order chi connectivity index (χ1) is 15.0. The molecule has 2 aliphatic rings. The number of nitrogens with zero attached hydrogens (tertiary/aromatic N) is 6. The molecule has 3 aromatic rings. The first-order valence-corrected chi connectivity index (χ1v) is 12.2. The van der Waals surface area contributed by atoms with Crippen molar-refractivity contribution in [1.82, 2.24) is 24.1 Å². The van der Waals surface area contributed by atoms with Crippen LogP contribution in [-0.4, -0.2) is 58.7 Å². The Kier molecular flexibility index (Phi) is 5.23. The van der Waals surface area contributed by atoms with Gasteiger partial charge in [0.1, 0.15) is 12.1 Å². The second-order valence-electron chi connectivity index (χ2n) is 8.16. The van der Waals surface area contributed by atoms with Gasteiger partial charge in [-0.2, -0.15) is 9.40 Å². The van der Waals surface area contributed by atoms with E-state index in [2.05, 4.69) is 20.0 Å². The number of hydrogen-bond donors (Lipinski definition) is 0. The van der Waals surface area contributed by atoms with Gasteiger partial charge in [0.15, 0.2) is 5.82 Å². The number of benzene rings is 1. The van der Waals surface area contributed by atoms with Crippen molar-refractivity contribution in [3.05, 3.63) is 59.7 Å². The van der Waals surface area contributed by atoms with Crippen LogP contribution >= 0.6 is 0 Å². The first kappa shape index (κ1) is 20.1. The summed E-state index contributed by atoms with van der Waals surface area (Å²) in [4.78, 5) is 11.2. The summed E-state index contributed by atoms with van der Waals surface area (Å²) in [6, 6.07) is 9.47. The van der Waals surface area contributed by atoms with Crippen LogP contribution in [0.15, 0.2) is 47.8 Å². The summed E-state index contributed by atoms with van der Waals surface area (Å²) in [5.74, 6) is 1.48. The number of rotatable bonds is 4. The molecular formula is C22H26N6O2S. The van der Waals surface area contributed by atoms with Crippen molar-refractivity contribution in [3.8, 4) is 5.82 Å². The fraction of sp³-hybridized carbons (Fsp3) is 0.409. The number of aromatic nitrogens is 4. The summed E-state index contributed by atoms with van der Waals surface area (Å²) < 4.78 is 29.8. The minimum atomic E-state index is -3.49. The predicted octanol–water partition coefficient (Wildman–Crippen LogP) is 2.36. The average Bonchev–Trinajstić information content (AvgIpc) is 3.25. The number of hydrogen-bond acceptors (Lipinski definition) is 6. The zero-order valence-electron chi connectivity index (χ0n) is 17.6. The Labute approximate surface area is 182 Å². The summed E-state index contributed by atoms with van der Waals surface area (Å²) >= 11 is 0. The molecule has 3 heterocycles. The summed E-state index contributed by atoms with van der Waals surface area (Å²) in [6.07, 6.45) is 7.73. The summed E-state index contributed by atoms with van der Waals surface area (Å²) in [7, 11) is -3.49. The van der Waals surface area contributed by atoms with Gasteiger partial charge in [-0.15, -0.1) is 0 Å². The van der Waals surface area contributed by atoms with Crippen LogP contribution in [0, 0.1) is 6.92 Å². The monoisotopic (exact) mass is 438 g/mol. The lowest BCUT2D eigenvalue weighted by molar-refractivity contribution is 0.383. The lowest BCUT2D eigenvalue weighted by Crippen LogP contribution is -2.49. The van der Waals surface area contributed by atoms with Crippen molar-refractivity contribution in [2.45, 2.75) is 37.5 Å². The van der Waals surface area contributed by atoms with Gasteiger partial charge < -0.3 is 4.90 Å². The van der Waals surface area contributed by atoms with Crippen molar-refractivity contribution >= 4 is 15.8 Å². The molecule has 1 aliphatic heterocycles. The zero-order chi connectivity index (χ0) is 21.4. The molecule has 9 heteroatoms. The van der Waals surface area contributed by atoms with Crippen LogP contribution in [0.2, 0.25) is 0 Å². The Hall–Kier alpha value is -2.78. The SMILES string of the molecule is Cc1ccn(-c2cc(N3CCN(S(=O)(=O)c4ccc5c(c4)CCCC5)CC3)ncn2)n1. The van der Waals surface area contributed by atoms with E-state index in [0.717, 1.165) is 30.8 Å². The molecule has 2 aromatic heterocycles. The Morgan fingerprint density at radius 1 is 0.871 bits per heavy atom. The number of fused-ring (bicyclic) bond motifs is 1. The van der Waals surface area contributed by atoms with Gasteiger partial charge in [-0.3, -0.25) is 0 Å². The molecule has 0 unspecified atom stereocenters. The van der Waals surface area contributed by atoms with Crippen molar-refractivity contribution in [2.24, 2.45) is 0 Å². The normalized spacial score (nSPS) is 17.5. The molecule has 0 N–H and O–H groups in total. The molecule has 0 bridgehead atoms. The maximum Gasteiger partial charge on any atom is 0.243 e. The molecule has 8 nitrogen and oxygen atoms in total. The third kappa shape index (κ3) is 3.95. The van der Waals surface area contributed by atoms with Gasteiger partial charge in [-0.05, 0) is 61.9 Å². The average molecular weight is 439 g/mol. The van der Waals surface area contributed by atoms with Crippen molar-refractivity contribution in [1.29, 1.82) is 0 Å². The van der Waals surface area contributed by atoms with Gasteiger partial charge in [0.2, 0.25) is 10.0 Å². The molecule has 1 aromatic carbocycles. The van der Waals surface area contributed by atoms with E-state index in [0.29, 0.717) is 36.9 Å². The zero-order valence-corrected chi connectivity index (χ0v) is 18.4. The summed E-state index contributed by atoms with van der Waals surface area (Å²) in [5.41, 5.74) is 3.40. The number of anilines is 1. The largest absolute Gasteiger partial charge is 0.354 e. The summed E-state index contributed by atoms with van der Waals surface area (Å²) in [5, 5.41) is 4.40. The molecule has 162 valence electrons. The van der Waals surface area contributed by atoms with Crippen LogP contribution in [0.3, 0.4) is 0 Å². The molecule has 0 saturated carbocycles. The fourth-order valence-electron chi connectivity index (χ4n) is 4.35. The van der Waals surface area contributed by atoms with E-state index in [1.54, 1.807) is 15.1 Å². The van der Waals surface area contributed by atoms with Crippen LogP contribution in [0.1, 0.15) is 29.7 Å². The third-order valence-electron chi connectivity index (χ3n) is 6.12. The Morgan fingerprint density at radius 3 is 2.35 bits per heavy atom. The second kappa shape index (κ2) is 8.05. The van der Waals surface area contributed by atoms with Crippen LogP contribution in [-0.2, 0) is 22.9 Å². The highest BCUT2D eigenvalue weighted by Gasteiger charge is 2.29. The Balaban J connectivity index is 1.30. The number of aryl methyl sites for hydroxylation is 3. The lowest BCUT2D eigenvalue weighted by atomic mass is 9.92. The van der Waals surface area contributed by atoms with E-state index in [9.17, 15) is 8.42 Å². The van der Waals surface area contributed by atoms with Crippen LogP contribution in [0.5, 0.6) is 0 Å². The maximum absolute atomic E-state index is 13.2. The minimum absolute atomic E-state index is 0.417. The van der Waals surface area contributed by atoms with Crippen molar-refractivity contribution in [3.63, 3.8) is 0 Å². The smallest absolute Gasteiger partial charge is 0.243 e. The standard InChI is InChI=1S/C22H26N6O2S/c1-17-8-9-28(25-17)22-15-21(23-16-24-22)26-10-12-27(13-11-26)31(29,30)20-7-6-18-4-2-3-5-19(18)14-20/h6-9,14-16H,2-5,10-13H2,1H3. The highest BCUT2D eigenvalue weighted by molar-refractivity contribution is 7.89. The van der Waals surface area contributed by atoms with E-state index in [4.69, 9.17) is 0 Å². The molecule has 0 radical (unpaired) electrons. The topological polar surface area (TPSA) is 84.2 Å². The van der Waals surface area contributed by atoms with Crippen LogP contribution < -0.4 is 4.90 Å². The molecule has 1 fully saturated rings. The molecule has 5 rings (SSSR count). The fourth-order valence-corrected chi connectivity index (χ4v) is 5.83. The van der Waals surface area contributed by atoms with E-state index in [1.165, 1.54) is 23.9 Å². The van der Waals surface area contributed by atoms with Gasteiger partial charge in [0, 0.05) is 38.4 Å². The van der Waals surface area contributed by atoms with Gasteiger partial charge in [0.25, 0.3) is 0 Å². The second-order valence-corrected chi connectivity index (χ2v) is 10.1. The van der Waals surface area contributed by atoms with E-state index < -0.39 is 10.0 Å². The molecule has 31 heavy (non-hydrogen) atoms. The Morgan fingerprint density at radius 2 is 1.61 bits per heavy atom. The number of sulfonamides is 1.